The van der Waals surface area contributed by atoms with Crippen molar-refractivity contribution in [1.82, 2.24) is 4.90 Å². The number of carboxylic acids is 1. The first-order valence-corrected chi connectivity index (χ1v) is 5.35. The van der Waals surface area contributed by atoms with Crippen molar-refractivity contribution in [3.05, 3.63) is 12.7 Å². The maximum absolute atomic E-state index is 11.9. The molecule has 0 aliphatic heterocycles. The summed E-state index contributed by atoms with van der Waals surface area (Å²) in [7, 11) is 1.26. The largest absolute Gasteiger partial charge is 0.480 e. The second-order valence-electron chi connectivity index (χ2n) is 3.85. The number of carbonyl (C=O) groups excluding carboxylic acids is 1. The van der Waals surface area contributed by atoms with E-state index in [-0.39, 0.29) is 19.3 Å². The summed E-state index contributed by atoms with van der Waals surface area (Å²) in [5.41, 5.74) is 0. The van der Waals surface area contributed by atoms with E-state index in [0.717, 1.165) is 4.90 Å². The first-order chi connectivity index (χ1) is 8.19. The van der Waals surface area contributed by atoms with Crippen LogP contribution in [0.3, 0.4) is 0 Å². The molecule has 0 aromatic carbocycles. The highest BCUT2D eigenvalue weighted by Gasteiger charge is 2.28. The Balaban J connectivity index is 4.31. The Bertz CT molecular complexity index is 315. The van der Waals surface area contributed by atoms with Crippen LogP contribution in [-0.2, 0) is 9.59 Å². The summed E-state index contributed by atoms with van der Waals surface area (Å²) in [6, 6.07) is -1.08. The fraction of sp³-hybridized carbons (Fsp3) is 0.636. The van der Waals surface area contributed by atoms with Crippen LogP contribution in [0.2, 0.25) is 0 Å². The average molecular weight is 267 g/mol. The lowest BCUT2D eigenvalue weighted by molar-refractivity contribution is -0.150. The van der Waals surface area contributed by atoms with Gasteiger partial charge in [-0.3, -0.25) is 4.79 Å². The van der Waals surface area contributed by atoms with Gasteiger partial charge in [-0.05, 0) is 12.8 Å². The molecular weight excluding hydrogens is 251 g/mol. The highest BCUT2D eigenvalue weighted by Crippen LogP contribution is 2.22. The van der Waals surface area contributed by atoms with Crippen molar-refractivity contribution in [2.45, 2.75) is 37.9 Å². The average Bonchev–Trinajstić information content (AvgIpc) is 2.22. The van der Waals surface area contributed by atoms with Crippen molar-refractivity contribution in [3.63, 3.8) is 0 Å². The number of hydrogen-bond donors (Lipinski definition) is 1. The summed E-state index contributed by atoms with van der Waals surface area (Å²) in [4.78, 5) is 23.3. The van der Waals surface area contributed by atoms with Gasteiger partial charge in [-0.2, -0.15) is 13.2 Å². The van der Waals surface area contributed by atoms with E-state index in [1.807, 2.05) is 0 Å². The quantitative estimate of drug-likeness (QED) is 0.719. The van der Waals surface area contributed by atoms with Crippen molar-refractivity contribution < 1.29 is 27.9 Å². The Morgan fingerprint density at radius 1 is 1.44 bits per heavy atom. The van der Waals surface area contributed by atoms with Crippen LogP contribution in [-0.4, -0.2) is 41.1 Å². The SMILES string of the molecule is C=CCC(C(=O)O)N(C)C(=O)CCCC(F)(F)F. The van der Waals surface area contributed by atoms with Crippen LogP contribution in [0.15, 0.2) is 12.7 Å². The second kappa shape index (κ2) is 7.03. The molecular formula is C11H16F3NO3. The normalized spacial score (nSPS) is 12.9. The molecule has 18 heavy (non-hydrogen) atoms. The van der Waals surface area contributed by atoms with E-state index >= 15 is 0 Å². The molecule has 1 N–H and O–H groups in total. The topological polar surface area (TPSA) is 57.6 Å². The van der Waals surface area contributed by atoms with E-state index in [1.165, 1.54) is 13.1 Å². The van der Waals surface area contributed by atoms with Gasteiger partial charge in [-0.1, -0.05) is 6.08 Å². The first-order valence-electron chi connectivity index (χ1n) is 5.35. The number of carboxylic acid groups (broad SMARTS) is 1. The van der Waals surface area contributed by atoms with Gasteiger partial charge < -0.3 is 10.0 Å². The van der Waals surface area contributed by atoms with E-state index in [9.17, 15) is 22.8 Å². The van der Waals surface area contributed by atoms with E-state index in [1.54, 1.807) is 0 Å². The minimum absolute atomic E-state index is 0.0524. The number of amides is 1. The molecule has 0 saturated heterocycles. The second-order valence-corrected chi connectivity index (χ2v) is 3.85. The third-order valence-corrected chi connectivity index (χ3v) is 2.39. The molecule has 0 fully saturated rings. The Hall–Kier alpha value is -1.53. The van der Waals surface area contributed by atoms with Gasteiger partial charge in [0.25, 0.3) is 0 Å². The van der Waals surface area contributed by atoms with Crippen LogP contribution < -0.4 is 0 Å². The van der Waals surface area contributed by atoms with Crippen LogP contribution in [0.25, 0.3) is 0 Å². The molecule has 0 spiro atoms. The maximum atomic E-state index is 11.9. The zero-order chi connectivity index (χ0) is 14.3. The number of nitrogens with zero attached hydrogens (tertiary/aromatic N) is 1. The zero-order valence-corrected chi connectivity index (χ0v) is 10.0. The number of aliphatic carboxylic acids is 1. The summed E-state index contributed by atoms with van der Waals surface area (Å²) >= 11 is 0. The molecule has 0 radical (unpaired) electrons. The van der Waals surface area contributed by atoms with E-state index in [2.05, 4.69) is 6.58 Å². The molecule has 0 aliphatic carbocycles. The Morgan fingerprint density at radius 3 is 2.39 bits per heavy atom. The molecule has 1 unspecified atom stereocenters. The van der Waals surface area contributed by atoms with Gasteiger partial charge in [0.15, 0.2) is 0 Å². The Kier molecular flexibility index (Phi) is 6.43. The third-order valence-electron chi connectivity index (χ3n) is 2.39. The van der Waals surface area contributed by atoms with Gasteiger partial charge in [0.1, 0.15) is 6.04 Å². The summed E-state index contributed by atoms with van der Waals surface area (Å²) in [5, 5.41) is 8.86. The highest BCUT2D eigenvalue weighted by molar-refractivity contribution is 5.83. The molecule has 0 rings (SSSR count). The lowest BCUT2D eigenvalue weighted by Gasteiger charge is -2.24. The molecule has 7 heteroatoms. The molecule has 0 bridgehead atoms. The summed E-state index contributed by atoms with van der Waals surface area (Å²) in [5.74, 6) is -1.82. The predicted octanol–water partition coefficient (Wildman–Crippen LogP) is 2.21. The van der Waals surface area contributed by atoms with Crippen LogP contribution in [0, 0.1) is 0 Å². The molecule has 0 aromatic rings. The molecule has 1 amide bonds. The molecule has 0 heterocycles. The molecule has 0 saturated carbocycles. The molecule has 1 atom stereocenters. The summed E-state index contributed by atoms with van der Waals surface area (Å²) < 4.78 is 35.6. The van der Waals surface area contributed by atoms with E-state index in [4.69, 9.17) is 5.11 Å². The maximum Gasteiger partial charge on any atom is 0.389 e. The number of alkyl halides is 3. The van der Waals surface area contributed by atoms with Gasteiger partial charge >= 0.3 is 12.1 Å². The van der Waals surface area contributed by atoms with Crippen molar-refractivity contribution in [1.29, 1.82) is 0 Å². The smallest absolute Gasteiger partial charge is 0.389 e. The van der Waals surface area contributed by atoms with Crippen LogP contribution in [0.5, 0.6) is 0 Å². The lowest BCUT2D eigenvalue weighted by atomic mass is 10.1. The molecule has 0 aliphatic rings. The van der Waals surface area contributed by atoms with E-state index in [0.29, 0.717) is 0 Å². The summed E-state index contributed by atoms with van der Waals surface area (Å²) in [6.07, 6.45) is -4.61. The monoisotopic (exact) mass is 267 g/mol. The van der Waals surface area contributed by atoms with Crippen molar-refractivity contribution in [3.8, 4) is 0 Å². The van der Waals surface area contributed by atoms with Crippen LogP contribution >= 0.6 is 0 Å². The first kappa shape index (κ1) is 16.5. The third kappa shape index (κ3) is 6.27. The van der Waals surface area contributed by atoms with Gasteiger partial charge in [0.2, 0.25) is 5.91 Å². The van der Waals surface area contributed by atoms with Crippen LogP contribution in [0.1, 0.15) is 25.7 Å². The van der Waals surface area contributed by atoms with Gasteiger partial charge in [0.05, 0.1) is 0 Å². The van der Waals surface area contributed by atoms with E-state index < -0.39 is 30.5 Å². The van der Waals surface area contributed by atoms with Crippen molar-refractivity contribution >= 4 is 11.9 Å². The van der Waals surface area contributed by atoms with Crippen molar-refractivity contribution in [2.24, 2.45) is 0 Å². The van der Waals surface area contributed by atoms with Gasteiger partial charge in [-0.25, -0.2) is 4.79 Å². The number of carbonyl (C=O) groups is 2. The highest BCUT2D eigenvalue weighted by atomic mass is 19.4. The molecule has 0 aromatic heterocycles. The Labute approximate surface area is 103 Å². The van der Waals surface area contributed by atoms with Gasteiger partial charge in [-0.15, -0.1) is 6.58 Å². The summed E-state index contributed by atoms with van der Waals surface area (Å²) in [6.45, 7) is 3.37. The number of hydrogen-bond acceptors (Lipinski definition) is 2. The Morgan fingerprint density at radius 2 is 2.00 bits per heavy atom. The number of rotatable bonds is 7. The lowest BCUT2D eigenvalue weighted by Crippen LogP contribution is -2.42. The minimum Gasteiger partial charge on any atom is -0.480 e. The van der Waals surface area contributed by atoms with Crippen LogP contribution in [0.4, 0.5) is 13.2 Å². The number of halogens is 3. The zero-order valence-electron chi connectivity index (χ0n) is 10.0. The fourth-order valence-electron chi connectivity index (χ4n) is 1.37. The molecule has 104 valence electrons. The fourth-order valence-corrected chi connectivity index (χ4v) is 1.37. The number of likely N-dealkylation sites (N-methyl/N-ethyl adjacent to an activating group) is 1. The standard InChI is InChI=1S/C11H16F3NO3/c1-3-5-8(10(17)18)15(2)9(16)6-4-7-11(12,13)14/h3,8H,1,4-7H2,2H3,(H,17,18). The van der Waals surface area contributed by atoms with Crippen molar-refractivity contribution in [2.75, 3.05) is 7.05 Å². The van der Waals surface area contributed by atoms with Gasteiger partial charge in [0, 0.05) is 19.9 Å². The molecule has 4 nitrogen and oxygen atoms in total. The predicted molar refractivity (Wildman–Crippen MR) is 58.9 cm³/mol. The minimum atomic E-state index is -4.30.